The van der Waals surface area contributed by atoms with Gasteiger partial charge in [-0.05, 0) is 61.9 Å². The Labute approximate surface area is 218 Å². The number of thioether (sulfide) groups is 1. The zero-order valence-electron chi connectivity index (χ0n) is 20.5. The van der Waals surface area contributed by atoms with Crippen LogP contribution >= 0.6 is 23.1 Å². The molecule has 36 heavy (non-hydrogen) atoms. The van der Waals surface area contributed by atoms with Crippen molar-refractivity contribution in [2.45, 2.75) is 32.0 Å². The van der Waals surface area contributed by atoms with Gasteiger partial charge in [0.1, 0.15) is 10.6 Å². The Bertz CT molecular complexity index is 1460. The minimum Gasteiger partial charge on any atom is -0.497 e. The molecule has 0 saturated heterocycles. The Morgan fingerprint density at radius 1 is 1.17 bits per heavy atom. The van der Waals surface area contributed by atoms with Gasteiger partial charge in [0.2, 0.25) is 5.91 Å². The monoisotopic (exact) mass is 520 g/mol. The molecule has 0 bridgehead atoms. The van der Waals surface area contributed by atoms with Crippen LogP contribution in [0.1, 0.15) is 22.9 Å². The van der Waals surface area contributed by atoms with Crippen molar-refractivity contribution in [1.29, 1.82) is 0 Å². The lowest BCUT2D eigenvalue weighted by Crippen LogP contribution is -2.30. The maximum atomic E-state index is 13.9. The third-order valence-corrected chi connectivity index (χ3v) is 8.42. The first-order valence-electron chi connectivity index (χ1n) is 11.9. The van der Waals surface area contributed by atoms with Crippen LogP contribution in [0.3, 0.4) is 0 Å². The number of anilines is 1. The number of aromatic nitrogens is 2. The van der Waals surface area contributed by atoms with Crippen LogP contribution in [0.4, 0.5) is 5.69 Å². The quantitative estimate of drug-likeness (QED) is 0.277. The molecule has 5 rings (SSSR count). The average molecular weight is 521 g/mol. The number of likely N-dealkylation sites (N-methyl/N-ethyl adjacent to an activating group) is 1. The number of rotatable bonds is 7. The van der Waals surface area contributed by atoms with Crippen molar-refractivity contribution in [2.24, 2.45) is 0 Å². The van der Waals surface area contributed by atoms with Gasteiger partial charge in [0.25, 0.3) is 5.56 Å². The number of nitrogens with zero attached hydrogens (tertiary/aromatic N) is 3. The number of thiophene rings is 1. The molecule has 9 heteroatoms. The van der Waals surface area contributed by atoms with E-state index in [2.05, 4.69) is 17.1 Å². The SMILES string of the molecule is CCN1CCc2c(sc3nc(SCC(=O)Nc4ccc(OC)cc4)n(-c4ccc(C)cc4)c(=O)c23)C1. The Kier molecular flexibility index (Phi) is 7.13. The maximum Gasteiger partial charge on any atom is 0.267 e. The number of carbonyl (C=O) groups is 1. The Balaban J connectivity index is 1.49. The molecule has 1 aliphatic heterocycles. The number of hydrogen-bond acceptors (Lipinski definition) is 7. The summed E-state index contributed by atoms with van der Waals surface area (Å²) in [4.78, 5) is 35.9. The number of nitrogens with one attached hydrogen (secondary N) is 1. The summed E-state index contributed by atoms with van der Waals surface area (Å²) in [7, 11) is 1.60. The van der Waals surface area contributed by atoms with E-state index in [-0.39, 0.29) is 17.2 Å². The van der Waals surface area contributed by atoms with Crippen molar-refractivity contribution in [3.63, 3.8) is 0 Å². The zero-order valence-corrected chi connectivity index (χ0v) is 22.2. The van der Waals surface area contributed by atoms with E-state index in [0.717, 1.165) is 58.8 Å². The molecule has 7 nitrogen and oxygen atoms in total. The second-order valence-corrected chi connectivity index (χ2v) is 10.8. The number of hydrogen-bond donors (Lipinski definition) is 1. The fourth-order valence-corrected chi connectivity index (χ4v) is 6.48. The normalized spacial score (nSPS) is 13.5. The maximum absolute atomic E-state index is 13.9. The molecule has 4 aromatic rings. The van der Waals surface area contributed by atoms with E-state index in [1.54, 1.807) is 47.3 Å². The highest BCUT2D eigenvalue weighted by Gasteiger charge is 2.25. The Morgan fingerprint density at radius 2 is 1.92 bits per heavy atom. The van der Waals surface area contributed by atoms with Crippen molar-refractivity contribution in [3.05, 3.63) is 74.9 Å². The predicted molar refractivity (Wildman–Crippen MR) is 147 cm³/mol. The summed E-state index contributed by atoms with van der Waals surface area (Å²) in [5.41, 5.74) is 3.62. The van der Waals surface area contributed by atoms with Crippen LogP contribution in [0.15, 0.2) is 58.5 Å². The minimum atomic E-state index is -0.168. The van der Waals surface area contributed by atoms with Crippen molar-refractivity contribution in [2.75, 3.05) is 31.3 Å². The second-order valence-electron chi connectivity index (χ2n) is 8.74. The van der Waals surface area contributed by atoms with Gasteiger partial charge in [0, 0.05) is 23.7 Å². The summed E-state index contributed by atoms with van der Waals surface area (Å²) in [6, 6.07) is 15.0. The van der Waals surface area contributed by atoms with Crippen LogP contribution in [0.25, 0.3) is 15.9 Å². The number of benzene rings is 2. The molecule has 0 radical (unpaired) electrons. The first kappa shape index (κ1) is 24.5. The number of ether oxygens (including phenoxy) is 1. The van der Waals surface area contributed by atoms with Gasteiger partial charge >= 0.3 is 0 Å². The van der Waals surface area contributed by atoms with Crippen LogP contribution < -0.4 is 15.6 Å². The van der Waals surface area contributed by atoms with Crippen molar-refractivity contribution >= 4 is 44.9 Å². The molecule has 1 amide bonds. The predicted octanol–water partition coefficient (Wildman–Crippen LogP) is 4.87. The first-order chi connectivity index (χ1) is 17.5. The summed E-state index contributed by atoms with van der Waals surface area (Å²) in [6.07, 6.45) is 0.852. The van der Waals surface area contributed by atoms with E-state index >= 15 is 0 Å². The average Bonchev–Trinajstić information content (AvgIpc) is 3.26. The smallest absolute Gasteiger partial charge is 0.267 e. The van der Waals surface area contributed by atoms with Crippen LogP contribution in [-0.2, 0) is 17.8 Å². The number of carbonyl (C=O) groups excluding carboxylic acids is 1. The van der Waals surface area contributed by atoms with Crippen molar-refractivity contribution in [3.8, 4) is 11.4 Å². The number of amides is 1. The molecular formula is C27H28N4O3S2. The summed E-state index contributed by atoms with van der Waals surface area (Å²) in [5.74, 6) is 0.687. The van der Waals surface area contributed by atoms with Gasteiger partial charge in [-0.1, -0.05) is 36.4 Å². The summed E-state index contributed by atoms with van der Waals surface area (Å²) in [6.45, 7) is 6.96. The van der Waals surface area contributed by atoms with Gasteiger partial charge in [-0.3, -0.25) is 19.1 Å². The second kappa shape index (κ2) is 10.5. The molecule has 3 heterocycles. The Morgan fingerprint density at radius 3 is 2.61 bits per heavy atom. The van der Waals surface area contributed by atoms with Crippen molar-refractivity contribution < 1.29 is 9.53 Å². The fraction of sp³-hybridized carbons (Fsp3) is 0.296. The van der Waals surface area contributed by atoms with E-state index in [4.69, 9.17) is 9.72 Å². The summed E-state index contributed by atoms with van der Waals surface area (Å²) in [5, 5.41) is 4.14. The lowest BCUT2D eigenvalue weighted by atomic mass is 10.1. The minimum absolute atomic E-state index is 0.0654. The molecule has 0 spiro atoms. The largest absolute Gasteiger partial charge is 0.497 e. The number of aryl methyl sites for hydroxylation is 1. The van der Waals surface area contributed by atoms with E-state index in [0.29, 0.717) is 10.8 Å². The summed E-state index contributed by atoms with van der Waals surface area (Å²) < 4.78 is 6.83. The lowest BCUT2D eigenvalue weighted by molar-refractivity contribution is -0.113. The number of methoxy groups -OCH3 is 1. The van der Waals surface area contributed by atoms with Crippen LogP contribution in [-0.4, -0.2) is 46.3 Å². The highest BCUT2D eigenvalue weighted by molar-refractivity contribution is 7.99. The van der Waals surface area contributed by atoms with Crippen LogP contribution in [0.5, 0.6) is 5.75 Å². The van der Waals surface area contributed by atoms with E-state index in [9.17, 15) is 9.59 Å². The van der Waals surface area contributed by atoms with Crippen LogP contribution in [0, 0.1) is 6.92 Å². The molecule has 1 aliphatic rings. The third kappa shape index (κ3) is 4.91. The van der Waals surface area contributed by atoms with E-state index < -0.39 is 0 Å². The van der Waals surface area contributed by atoms with Crippen LogP contribution in [0.2, 0.25) is 0 Å². The van der Waals surface area contributed by atoms with Gasteiger partial charge in [-0.25, -0.2) is 4.98 Å². The zero-order chi connectivity index (χ0) is 25.2. The highest BCUT2D eigenvalue weighted by Crippen LogP contribution is 2.34. The molecular weight excluding hydrogens is 492 g/mol. The van der Waals surface area contributed by atoms with Gasteiger partial charge < -0.3 is 10.1 Å². The molecule has 186 valence electrons. The molecule has 0 atom stereocenters. The molecule has 1 N–H and O–H groups in total. The topological polar surface area (TPSA) is 76.5 Å². The van der Waals surface area contributed by atoms with Gasteiger partial charge in [-0.15, -0.1) is 11.3 Å². The lowest BCUT2D eigenvalue weighted by Gasteiger charge is -2.25. The standard InChI is InChI=1S/C27H28N4O3S2/c1-4-30-14-13-21-22(15-30)36-25-24(21)26(33)31(19-9-5-17(2)6-10-19)27(29-25)35-16-23(32)28-18-7-11-20(34-3)12-8-18/h5-12H,4,13-16H2,1-3H3,(H,28,32). The fourth-order valence-electron chi connectivity index (χ4n) is 4.37. The molecule has 0 saturated carbocycles. The first-order valence-corrected chi connectivity index (χ1v) is 13.7. The van der Waals surface area contributed by atoms with Crippen molar-refractivity contribution in [1.82, 2.24) is 14.5 Å². The summed E-state index contributed by atoms with van der Waals surface area (Å²) >= 11 is 2.87. The molecule has 0 aliphatic carbocycles. The van der Waals surface area contributed by atoms with E-state index in [1.165, 1.54) is 16.6 Å². The van der Waals surface area contributed by atoms with Gasteiger partial charge in [0.15, 0.2) is 5.16 Å². The molecule has 0 unspecified atom stereocenters. The number of fused-ring (bicyclic) bond motifs is 3. The van der Waals surface area contributed by atoms with Gasteiger partial charge in [0.05, 0.1) is 23.9 Å². The molecule has 0 fully saturated rings. The van der Waals surface area contributed by atoms with Gasteiger partial charge in [-0.2, -0.15) is 0 Å². The van der Waals surface area contributed by atoms with E-state index in [1.807, 2.05) is 31.2 Å². The highest BCUT2D eigenvalue weighted by atomic mass is 32.2. The molecule has 2 aromatic heterocycles. The Hall–Kier alpha value is -3.14. The molecule has 2 aromatic carbocycles. The third-order valence-electron chi connectivity index (χ3n) is 6.37.